The van der Waals surface area contributed by atoms with E-state index in [-0.39, 0.29) is 35.4 Å². The molecule has 3 aliphatic heterocycles. The van der Waals surface area contributed by atoms with Crippen LogP contribution in [0, 0.1) is 11.8 Å². The van der Waals surface area contributed by atoms with Gasteiger partial charge in [0.1, 0.15) is 6.10 Å². The summed E-state index contributed by atoms with van der Waals surface area (Å²) in [5.41, 5.74) is 2.23. The second kappa shape index (κ2) is 5.81. The van der Waals surface area contributed by atoms with Crippen LogP contribution in [0.1, 0.15) is 20.8 Å². The van der Waals surface area contributed by atoms with E-state index in [4.69, 9.17) is 18.6 Å². The molecule has 0 aromatic carbocycles. The summed E-state index contributed by atoms with van der Waals surface area (Å²) in [7, 11) is -1.81. The van der Waals surface area contributed by atoms with Gasteiger partial charge in [-0.15, -0.1) is 0 Å². The van der Waals surface area contributed by atoms with E-state index in [2.05, 4.69) is 47.0 Å². The van der Waals surface area contributed by atoms with Crippen molar-refractivity contribution in [3.8, 4) is 0 Å². The van der Waals surface area contributed by atoms with E-state index in [1.807, 2.05) is 0 Å². The first-order valence-corrected chi connectivity index (χ1v) is 11.4. The van der Waals surface area contributed by atoms with Crippen LogP contribution in [0.15, 0.2) is 24.3 Å². The summed E-state index contributed by atoms with van der Waals surface area (Å²) < 4.78 is 24.4. The van der Waals surface area contributed by atoms with Crippen LogP contribution >= 0.6 is 0 Å². The molecule has 3 fully saturated rings. The SMILES string of the molecule is C=C1CO[C@@H]2OC(CO[Si](C)(C)C(C)(C)C)[C@H]3OCC(=C)[C@H]3[C@@H]12. The molecule has 0 radical (unpaired) electrons. The van der Waals surface area contributed by atoms with Crippen LogP contribution in [0.4, 0.5) is 0 Å². The molecule has 0 aromatic rings. The van der Waals surface area contributed by atoms with Gasteiger partial charge in [0, 0.05) is 11.8 Å². The lowest BCUT2D eigenvalue weighted by atomic mass is 9.77. The van der Waals surface area contributed by atoms with Gasteiger partial charge in [-0.25, -0.2) is 0 Å². The summed E-state index contributed by atoms with van der Waals surface area (Å²) in [6.07, 6.45) is -0.317. The fraction of sp³-hybridized carbons (Fsp3) is 0.778. The third-order valence-electron chi connectivity index (χ3n) is 5.96. The Morgan fingerprint density at radius 3 is 2.35 bits per heavy atom. The highest BCUT2D eigenvalue weighted by Crippen LogP contribution is 2.47. The number of fused-ring (bicyclic) bond motifs is 3. The lowest BCUT2D eigenvalue weighted by molar-refractivity contribution is -0.233. The lowest BCUT2D eigenvalue weighted by Crippen LogP contribution is -2.52. The molecule has 3 heterocycles. The average Bonchev–Trinajstić information content (AvgIpc) is 2.99. The van der Waals surface area contributed by atoms with E-state index in [1.165, 1.54) is 0 Å². The first kappa shape index (κ1) is 17.4. The normalized spacial score (nSPS) is 37.9. The summed E-state index contributed by atoms with van der Waals surface area (Å²) in [5, 5.41) is 0.182. The Morgan fingerprint density at radius 1 is 1.09 bits per heavy atom. The first-order chi connectivity index (χ1) is 10.6. The van der Waals surface area contributed by atoms with Crippen LogP contribution < -0.4 is 0 Å². The number of ether oxygens (including phenoxy) is 3. The molecule has 1 unspecified atom stereocenters. The molecule has 0 aliphatic carbocycles. The van der Waals surface area contributed by atoms with Crippen molar-refractivity contribution < 1.29 is 18.6 Å². The molecule has 3 aliphatic rings. The molecular formula is C18H30O4Si. The van der Waals surface area contributed by atoms with E-state index in [1.54, 1.807) is 0 Å². The minimum atomic E-state index is -1.81. The van der Waals surface area contributed by atoms with E-state index >= 15 is 0 Å². The molecule has 3 saturated heterocycles. The zero-order valence-corrected chi connectivity index (χ0v) is 16.1. The molecule has 0 bridgehead atoms. The quantitative estimate of drug-likeness (QED) is 0.583. The molecule has 0 N–H and O–H groups in total. The van der Waals surface area contributed by atoms with Gasteiger partial charge in [-0.2, -0.15) is 0 Å². The highest BCUT2D eigenvalue weighted by molar-refractivity contribution is 6.74. The summed E-state index contributed by atoms with van der Waals surface area (Å²) in [5.74, 6) is 0.427. The number of hydrogen-bond donors (Lipinski definition) is 0. The van der Waals surface area contributed by atoms with Gasteiger partial charge in [0.05, 0.1) is 25.9 Å². The van der Waals surface area contributed by atoms with E-state index in [0.29, 0.717) is 19.8 Å². The van der Waals surface area contributed by atoms with Crippen molar-refractivity contribution in [1.29, 1.82) is 0 Å². The van der Waals surface area contributed by atoms with Crippen LogP contribution in [0.25, 0.3) is 0 Å². The second-order valence-electron chi connectivity index (χ2n) is 8.57. The monoisotopic (exact) mass is 338 g/mol. The summed E-state index contributed by atoms with van der Waals surface area (Å²) >= 11 is 0. The molecular weight excluding hydrogens is 308 g/mol. The fourth-order valence-corrected chi connectivity index (χ4v) is 4.47. The van der Waals surface area contributed by atoms with Gasteiger partial charge >= 0.3 is 0 Å². The predicted octanol–water partition coefficient (Wildman–Crippen LogP) is 3.51. The Balaban J connectivity index is 1.74. The molecule has 0 aromatic heterocycles. The van der Waals surface area contributed by atoms with Gasteiger partial charge < -0.3 is 18.6 Å². The lowest BCUT2D eigenvalue weighted by Gasteiger charge is -2.43. The van der Waals surface area contributed by atoms with E-state index in [0.717, 1.165) is 11.1 Å². The van der Waals surface area contributed by atoms with Crippen LogP contribution in [0.3, 0.4) is 0 Å². The van der Waals surface area contributed by atoms with Crippen molar-refractivity contribution in [3.05, 3.63) is 24.3 Å². The average molecular weight is 339 g/mol. The highest BCUT2D eigenvalue weighted by Gasteiger charge is 2.54. The van der Waals surface area contributed by atoms with Crippen molar-refractivity contribution >= 4 is 8.32 Å². The number of hydrogen-bond acceptors (Lipinski definition) is 4. The van der Waals surface area contributed by atoms with Gasteiger partial charge in [-0.3, -0.25) is 0 Å². The Morgan fingerprint density at radius 2 is 1.70 bits per heavy atom. The Kier molecular flexibility index (Phi) is 4.39. The molecule has 23 heavy (non-hydrogen) atoms. The molecule has 0 saturated carbocycles. The highest BCUT2D eigenvalue weighted by atomic mass is 28.4. The standard InChI is InChI=1S/C18H30O4Si/c1-11-8-19-16-13(10-21-23(6,7)18(3,4)5)22-17-15(14(11)16)12(2)9-20-17/h13-17H,1-2,8-10H2,3-7H3/t13?,14-,15+,16+,17+/m0/s1. The third kappa shape index (κ3) is 2.98. The van der Waals surface area contributed by atoms with E-state index < -0.39 is 8.32 Å². The Hall–Kier alpha value is -0.463. The maximum Gasteiger partial charge on any atom is 0.192 e. The fourth-order valence-electron chi connectivity index (χ4n) is 3.45. The van der Waals surface area contributed by atoms with E-state index in [9.17, 15) is 0 Å². The predicted molar refractivity (Wildman–Crippen MR) is 92.8 cm³/mol. The molecule has 5 atom stereocenters. The van der Waals surface area contributed by atoms with Crippen molar-refractivity contribution in [2.24, 2.45) is 11.8 Å². The smallest absolute Gasteiger partial charge is 0.192 e. The van der Waals surface area contributed by atoms with Crippen LogP contribution in [-0.4, -0.2) is 46.6 Å². The summed E-state index contributed by atoms with van der Waals surface area (Å²) in [6.45, 7) is 21.4. The Labute approximate surface area is 141 Å². The van der Waals surface area contributed by atoms with Gasteiger partial charge in [-0.05, 0) is 29.3 Å². The molecule has 0 spiro atoms. The molecule has 3 rings (SSSR count). The van der Waals surface area contributed by atoms with Crippen molar-refractivity contribution in [3.63, 3.8) is 0 Å². The summed E-state index contributed by atoms with van der Waals surface area (Å²) in [4.78, 5) is 0. The van der Waals surface area contributed by atoms with Crippen molar-refractivity contribution in [2.75, 3.05) is 19.8 Å². The minimum absolute atomic E-state index is 0.00645. The van der Waals surface area contributed by atoms with Gasteiger partial charge in [0.15, 0.2) is 14.6 Å². The topological polar surface area (TPSA) is 36.9 Å². The largest absolute Gasteiger partial charge is 0.414 e. The van der Waals surface area contributed by atoms with Gasteiger partial charge in [0.2, 0.25) is 0 Å². The second-order valence-corrected chi connectivity index (χ2v) is 13.4. The van der Waals surface area contributed by atoms with Crippen LogP contribution in [0.2, 0.25) is 18.1 Å². The molecule has 0 amide bonds. The van der Waals surface area contributed by atoms with Crippen LogP contribution in [0.5, 0.6) is 0 Å². The maximum absolute atomic E-state index is 6.38. The third-order valence-corrected chi connectivity index (χ3v) is 10.5. The van der Waals surface area contributed by atoms with Crippen molar-refractivity contribution in [1.82, 2.24) is 0 Å². The molecule has 5 heteroatoms. The van der Waals surface area contributed by atoms with Crippen LogP contribution in [-0.2, 0) is 18.6 Å². The maximum atomic E-state index is 6.38. The molecule has 4 nitrogen and oxygen atoms in total. The summed E-state index contributed by atoms with van der Waals surface area (Å²) in [6, 6.07) is 0. The zero-order valence-electron chi connectivity index (χ0n) is 15.1. The van der Waals surface area contributed by atoms with Gasteiger partial charge in [0.25, 0.3) is 0 Å². The van der Waals surface area contributed by atoms with Crippen molar-refractivity contribution in [2.45, 2.75) is 57.4 Å². The van der Waals surface area contributed by atoms with Gasteiger partial charge in [-0.1, -0.05) is 33.9 Å². The molecule has 130 valence electrons. The minimum Gasteiger partial charge on any atom is -0.414 e. The number of rotatable bonds is 3. The first-order valence-electron chi connectivity index (χ1n) is 8.50. The zero-order chi connectivity index (χ0) is 17.0. The Bertz CT molecular complexity index is 508.